The van der Waals surface area contributed by atoms with Gasteiger partial charge in [-0.25, -0.2) is 21.6 Å². The molecule has 17 heavy (non-hydrogen) atoms. The maximum atomic E-state index is 13.1. The van der Waals surface area contributed by atoms with Crippen LogP contribution in [0.3, 0.4) is 0 Å². The Bertz CT molecular complexity index is 484. The first-order valence-electron chi connectivity index (χ1n) is 4.57. The van der Waals surface area contributed by atoms with Crippen LogP contribution in [0.1, 0.15) is 6.42 Å². The number of rotatable bonds is 5. The van der Waals surface area contributed by atoms with Crippen molar-refractivity contribution in [3.05, 3.63) is 29.6 Å². The Morgan fingerprint density at radius 3 is 2.18 bits per heavy atom. The summed E-state index contributed by atoms with van der Waals surface area (Å²) in [6, 6.07) is 0.783. The fourth-order valence-corrected chi connectivity index (χ4v) is 2.52. The fourth-order valence-electron chi connectivity index (χ4n) is 1.09. The zero-order valence-electron chi connectivity index (χ0n) is 8.51. The Labute approximate surface area is 102 Å². The van der Waals surface area contributed by atoms with Crippen LogP contribution in [0.4, 0.5) is 18.9 Å². The summed E-state index contributed by atoms with van der Waals surface area (Å²) in [7, 11) is -3.89. The lowest BCUT2D eigenvalue weighted by atomic mass is 10.3. The van der Waals surface area contributed by atoms with Crippen LogP contribution in [0.25, 0.3) is 0 Å². The van der Waals surface area contributed by atoms with Gasteiger partial charge in [0, 0.05) is 18.0 Å². The molecule has 1 N–H and O–H groups in total. The second kappa shape index (κ2) is 5.59. The standard InChI is InChI=1S/C9H9ClF3NO2S/c10-2-1-3-17(15,16)14-9-7(12)4-6(11)5-8(9)13/h4-5,14H,1-3H2. The number of benzene rings is 1. The molecular weight excluding hydrogens is 279 g/mol. The van der Waals surface area contributed by atoms with E-state index in [0.717, 1.165) is 0 Å². The first kappa shape index (κ1) is 14.1. The average Bonchev–Trinajstić information content (AvgIpc) is 2.21. The summed E-state index contributed by atoms with van der Waals surface area (Å²) >= 11 is 5.30. The summed E-state index contributed by atoms with van der Waals surface area (Å²) in [5, 5.41) is 0. The molecule has 0 heterocycles. The third kappa shape index (κ3) is 4.08. The van der Waals surface area contributed by atoms with Gasteiger partial charge in [0.05, 0.1) is 5.75 Å². The van der Waals surface area contributed by atoms with Crippen LogP contribution in [0.15, 0.2) is 12.1 Å². The van der Waals surface area contributed by atoms with Gasteiger partial charge in [0.1, 0.15) is 11.5 Å². The molecule has 0 aromatic heterocycles. The van der Waals surface area contributed by atoms with E-state index in [1.54, 1.807) is 4.72 Å². The summed E-state index contributed by atoms with van der Waals surface area (Å²) in [4.78, 5) is 0. The molecule has 0 fully saturated rings. The molecule has 1 aromatic rings. The van der Waals surface area contributed by atoms with Gasteiger partial charge in [-0.05, 0) is 6.42 Å². The minimum atomic E-state index is -3.89. The molecule has 0 saturated heterocycles. The quantitative estimate of drug-likeness (QED) is 0.846. The zero-order valence-corrected chi connectivity index (χ0v) is 10.1. The van der Waals surface area contributed by atoms with Crippen LogP contribution in [-0.2, 0) is 10.0 Å². The number of hydrogen-bond acceptors (Lipinski definition) is 2. The van der Waals surface area contributed by atoms with E-state index in [2.05, 4.69) is 0 Å². The van der Waals surface area contributed by atoms with Crippen molar-refractivity contribution in [3.63, 3.8) is 0 Å². The molecule has 0 aliphatic heterocycles. The lowest BCUT2D eigenvalue weighted by Crippen LogP contribution is -2.18. The molecule has 0 amide bonds. The molecule has 0 aliphatic rings. The first-order valence-corrected chi connectivity index (χ1v) is 6.75. The predicted octanol–water partition coefficient (Wildman–Crippen LogP) is 2.47. The van der Waals surface area contributed by atoms with Crippen molar-refractivity contribution >= 4 is 27.3 Å². The minimum absolute atomic E-state index is 0.106. The van der Waals surface area contributed by atoms with Gasteiger partial charge in [-0.1, -0.05) is 0 Å². The zero-order chi connectivity index (χ0) is 13.1. The second-order valence-corrected chi connectivity index (χ2v) is 5.43. The Kier molecular flexibility index (Phi) is 4.64. The van der Waals surface area contributed by atoms with Crippen molar-refractivity contribution in [2.24, 2.45) is 0 Å². The number of alkyl halides is 1. The van der Waals surface area contributed by atoms with E-state index in [4.69, 9.17) is 11.6 Å². The third-order valence-corrected chi connectivity index (χ3v) is 3.42. The van der Waals surface area contributed by atoms with Gasteiger partial charge < -0.3 is 0 Å². The molecule has 0 unspecified atom stereocenters. The Hall–Kier alpha value is -0.950. The summed E-state index contributed by atoms with van der Waals surface area (Å²) in [6.45, 7) is 0. The first-order chi connectivity index (χ1) is 7.85. The van der Waals surface area contributed by atoms with Gasteiger partial charge in [-0.15, -0.1) is 11.6 Å². The molecule has 0 bridgehead atoms. The van der Waals surface area contributed by atoms with Gasteiger partial charge in [-0.3, -0.25) is 4.72 Å². The van der Waals surface area contributed by atoms with Crippen LogP contribution in [0.5, 0.6) is 0 Å². The van der Waals surface area contributed by atoms with E-state index in [1.165, 1.54) is 0 Å². The summed E-state index contributed by atoms with van der Waals surface area (Å²) < 4.78 is 63.2. The second-order valence-electron chi connectivity index (χ2n) is 3.21. The Morgan fingerprint density at radius 1 is 1.18 bits per heavy atom. The summed E-state index contributed by atoms with van der Waals surface area (Å²) in [6.07, 6.45) is 0.140. The smallest absolute Gasteiger partial charge is 0.232 e. The van der Waals surface area contributed by atoms with Gasteiger partial charge in [-0.2, -0.15) is 0 Å². The fraction of sp³-hybridized carbons (Fsp3) is 0.333. The van der Waals surface area contributed by atoms with Gasteiger partial charge in [0.25, 0.3) is 0 Å². The summed E-state index contributed by atoms with van der Waals surface area (Å²) in [5.74, 6) is -4.00. The van der Waals surface area contributed by atoms with E-state index in [1.807, 2.05) is 0 Å². The molecule has 3 nitrogen and oxygen atoms in total. The molecule has 0 radical (unpaired) electrons. The van der Waals surface area contributed by atoms with Crippen LogP contribution < -0.4 is 4.72 Å². The van der Waals surface area contributed by atoms with Crippen LogP contribution in [0.2, 0.25) is 0 Å². The van der Waals surface area contributed by atoms with Crippen molar-refractivity contribution in [1.82, 2.24) is 0 Å². The highest BCUT2D eigenvalue weighted by atomic mass is 35.5. The largest absolute Gasteiger partial charge is 0.278 e. The lowest BCUT2D eigenvalue weighted by molar-refractivity contribution is 0.547. The van der Waals surface area contributed by atoms with Crippen LogP contribution in [0, 0.1) is 17.5 Å². The number of anilines is 1. The molecule has 1 aromatic carbocycles. The van der Waals surface area contributed by atoms with Crippen molar-refractivity contribution < 1.29 is 21.6 Å². The van der Waals surface area contributed by atoms with Crippen molar-refractivity contribution in [2.45, 2.75) is 6.42 Å². The highest BCUT2D eigenvalue weighted by Gasteiger charge is 2.17. The molecule has 8 heteroatoms. The topological polar surface area (TPSA) is 46.2 Å². The predicted molar refractivity (Wildman–Crippen MR) is 59.1 cm³/mol. The van der Waals surface area contributed by atoms with Crippen LogP contribution in [-0.4, -0.2) is 20.1 Å². The number of nitrogens with one attached hydrogen (secondary N) is 1. The molecule has 1 rings (SSSR count). The van der Waals surface area contributed by atoms with E-state index in [9.17, 15) is 21.6 Å². The molecule has 0 saturated carbocycles. The van der Waals surface area contributed by atoms with Crippen molar-refractivity contribution in [2.75, 3.05) is 16.4 Å². The summed E-state index contributed by atoms with van der Waals surface area (Å²) in [5.41, 5.74) is -0.888. The van der Waals surface area contributed by atoms with Gasteiger partial charge in [0.15, 0.2) is 11.6 Å². The maximum Gasteiger partial charge on any atom is 0.232 e. The Morgan fingerprint density at radius 2 is 1.71 bits per heavy atom. The van der Waals surface area contributed by atoms with Crippen molar-refractivity contribution in [3.8, 4) is 0 Å². The third-order valence-electron chi connectivity index (χ3n) is 1.81. The molecule has 96 valence electrons. The number of sulfonamides is 1. The van der Waals surface area contributed by atoms with E-state index >= 15 is 0 Å². The highest BCUT2D eigenvalue weighted by Crippen LogP contribution is 2.21. The lowest BCUT2D eigenvalue weighted by Gasteiger charge is -2.09. The number of halogens is 4. The normalized spacial score (nSPS) is 11.5. The number of hydrogen-bond donors (Lipinski definition) is 1. The molecular formula is C9H9ClF3NO2S. The Balaban J connectivity index is 2.96. The van der Waals surface area contributed by atoms with E-state index in [-0.39, 0.29) is 18.1 Å². The monoisotopic (exact) mass is 287 g/mol. The molecule has 0 spiro atoms. The van der Waals surface area contributed by atoms with Gasteiger partial charge >= 0.3 is 0 Å². The highest BCUT2D eigenvalue weighted by molar-refractivity contribution is 7.92. The van der Waals surface area contributed by atoms with Crippen molar-refractivity contribution in [1.29, 1.82) is 0 Å². The van der Waals surface area contributed by atoms with E-state index < -0.39 is 33.2 Å². The van der Waals surface area contributed by atoms with Crippen LogP contribution >= 0.6 is 11.6 Å². The minimum Gasteiger partial charge on any atom is -0.278 e. The average molecular weight is 288 g/mol. The van der Waals surface area contributed by atoms with E-state index in [0.29, 0.717) is 12.1 Å². The maximum absolute atomic E-state index is 13.1. The SMILES string of the molecule is O=S(=O)(CCCCl)Nc1c(F)cc(F)cc1F. The molecule has 0 aliphatic carbocycles. The molecule has 0 atom stereocenters. The van der Waals surface area contributed by atoms with Gasteiger partial charge in [0.2, 0.25) is 10.0 Å².